The van der Waals surface area contributed by atoms with Crippen LogP contribution in [0.2, 0.25) is 5.02 Å². The maximum atomic E-state index is 13.2. The van der Waals surface area contributed by atoms with Crippen LogP contribution in [-0.4, -0.2) is 28.7 Å². The van der Waals surface area contributed by atoms with Gasteiger partial charge in [0.25, 0.3) is 0 Å². The average Bonchev–Trinajstić information content (AvgIpc) is 2.59. The maximum Gasteiger partial charge on any atom is 0.141 e. The van der Waals surface area contributed by atoms with Crippen LogP contribution in [0.5, 0.6) is 0 Å². The summed E-state index contributed by atoms with van der Waals surface area (Å²) in [6, 6.07) is 5.34. The molecule has 20 heavy (non-hydrogen) atoms. The lowest BCUT2D eigenvalue weighted by Gasteiger charge is -2.31. The van der Waals surface area contributed by atoms with Crippen molar-refractivity contribution in [1.82, 2.24) is 4.90 Å². The minimum absolute atomic E-state index is 0.185. The van der Waals surface area contributed by atoms with Gasteiger partial charge in [-0.15, -0.1) is 0 Å². The number of rotatable bonds is 4. The Morgan fingerprint density at radius 3 is 2.90 bits per heavy atom. The van der Waals surface area contributed by atoms with Crippen LogP contribution in [0.4, 0.5) is 4.39 Å². The third-order valence-corrected chi connectivity index (χ3v) is 4.27. The van der Waals surface area contributed by atoms with Crippen molar-refractivity contribution in [2.24, 2.45) is 0 Å². The first-order valence-corrected chi connectivity index (χ1v) is 7.80. The Morgan fingerprint density at radius 1 is 1.40 bits per heavy atom. The fourth-order valence-electron chi connectivity index (χ4n) is 2.98. The SMILES string of the molecule is CC(O)CC1CCCCCN1Cc1ccc(F)c(Cl)c1. The van der Waals surface area contributed by atoms with Crippen molar-refractivity contribution in [2.75, 3.05) is 6.54 Å². The van der Waals surface area contributed by atoms with Crippen molar-refractivity contribution in [3.05, 3.63) is 34.6 Å². The number of halogens is 2. The van der Waals surface area contributed by atoms with Gasteiger partial charge in [0.1, 0.15) is 5.82 Å². The van der Waals surface area contributed by atoms with Crippen LogP contribution in [0.25, 0.3) is 0 Å². The molecule has 0 bridgehead atoms. The Balaban J connectivity index is 2.07. The molecule has 1 aliphatic heterocycles. The van der Waals surface area contributed by atoms with E-state index in [1.165, 1.54) is 25.3 Å². The van der Waals surface area contributed by atoms with E-state index in [0.29, 0.717) is 6.04 Å². The summed E-state index contributed by atoms with van der Waals surface area (Å²) in [6.07, 6.45) is 5.30. The van der Waals surface area contributed by atoms with Gasteiger partial charge in [-0.05, 0) is 50.4 Å². The number of hydrogen-bond donors (Lipinski definition) is 1. The Kier molecular flexibility index (Phi) is 5.82. The molecule has 0 aromatic heterocycles. The Labute approximate surface area is 125 Å². The fourth-order valence-corrected chi connectivity index (χ4v) is 3.18. The highest BCUT2D eigenvalue weighted by Gasteiger charge is 2.22. The van der Waals surface area contributed by atoms with Gasteiger partial charge in [-0.3, -0.25) is 4.90 Å². The summed E-state index contributed by atoms with van der Waals surface area (Å²) in [5.41, 5.74) is 1.04. The Hall–Kier alpha value is -0.640. The fraction of sp³-hybridized carbons (Fsp3) is 0.625. The van der Waals surface area contributed by atoms with Crippen molar-refractivity contribution < 1.29 is 9.50 Å². The molecule has 2 atom stereocenters. The zero-order valence-corrected chi connectivity index (χ0v) is 12.7. The van der Waals surface area contributed by atoms with Gasteiger partial charge in [0.05, 0.1) is 11.1 Å². The zero-order chi connectivity index (χ0) is 14.5. The van der Waals surface area contributed by atoms with E-state index in [1.54, 1.807) is 12.1 Å². The van der Waals surface area contributed by atoms with E-state index in [4.69, 9.17) is 11.6 Å². The van der Waals surface area contributed by atoms with Crippen LogP contribution in [0.15, 0.2) is 18.2 Å². The topological polar surface area (TPSA) is 23.5 Å². The number of nitrogens with zero attached hydrogens (tertiary/aromatic N) is 1. The molecule has 1 heterocycles. The molecular formula is C16H23ClFNO. The van der Waals surface area contributed by atoms with Crippen LogP contribution in [0.3, 0.4) is 0 Å². The highest BCUT2D eigenvalue weighted by molar-refractivity contribution is 6.30. The summed E-state index contributed by atoms with van der Waals surface area (Å²) in [6.45, 7) is 3.65. The summed E-state index contributed by atoms with van der Waals surface area (Å²) in [5.74, 6) is -0.369. The first kappa shape index (κ1) is 15.7. The molecule has 2 unspecified atom stereocenters. The van der Waals surface area contributed by atoms with Crippen molar-refractivity contribution in [1.29, 1.82) is 0 Å². The molecule has 112 valence electrons. The molecule has 1 aliphatic rings. The molecule has 4 heteroatoms. The molecule has 1 N–H and O–H groups in total. The van der Waals surface area contributed by atoms with Crippen molar-refractivity contribution >= 4 is 11.6 Å². The monoisotopic (exact) mass is 299 g/mol. The van der Waals surface area contributed by atoms with Gasteiger partial charge < -0.3 is 5.11 Å². The first-order chi connectivity index (χ1) is 9.56. The quantitative estimate of drug-likeness (QED) is 0.908. The summed E-state index contributed by atoms with van der Waals surface area (Å²) in [5, 5.41) is 9.85. The smallest absolute Gasteiger partial charge is 0.141 e. The van der Waals surface area contributed by atoms with Crippen LogP contribution >= 0.6 is 11.6 Å². The lowest BCUT2D eigenvalue weighted by Crippen LogP contribution is -2.36. The van der Waals surface area contributed by atoms with Gasteiger partial charge >= 0.3 is 0 Å². The number of aliphatic hydroxyl groups is 1. The van der Waals surface area contributed by atoms with Crippen LogP contribution in [-0.2, 0) is 6.54 Å². The number of likely N-dealkylation sites (tertiary alicyclic amines) is 1. The maximum absolute atomic E-state index is 13.2. The standard InChI is InChI=1S/C16H23ClFNO/c1-12(20)9-14-5-3-2-4-8-19(14)11-13-6-7-16(18)15(17)10-13/h6-7,10,12,14,20H,2-5,8-9,11H2,1H3. The van der Waals surface area contributed by atoms with Crippen molar-refractivity contribution in [3.63, 3.8) is 0 Å². The highest BCUT2D eigenvalue weighted by Crippen LogP contribution is 2.24. The minimum atomic E-state index is -0.369. The van der Waals surface area contributed by atoms with Crippen molar-refractivity contribution in [3.8, 4) is 0 Å². The van der Waals surface area contributed by atoms with E-state index in [0.717, 1.165) is 31.5 Å². The predicted octanol–water partition coefficient (Wildman–Crippen LogP) is 3.99. The summed E-state index contributed by atoms with van der Waals surface area (Å²) in [4.78, 5) is 2.41. The molecule has 0 spiro atoms. The minimum Gasteiger partial charge on any atom is -0.393 e. The highest BCUT2D eigenvalue weighted by atomic mass is 35.5. The number of aliphatic hydroxyl groups excluding tert-OH is 1. The molecule has 0 radical (unpaired) electrons. The van der Waals surface area contributed by atoms with Gasteiger partial charge in [0, 0.05) is 12.6 Å². The van der Waals surface area contributed by atoms with Crippen LogP contribution < -0.4 is 0 Å². The molecule has 1 saturated heterocycles. The second-order valence-corrected chi connectivity index (χ2v) is 6.21. The largest absolute Gasteiger partial charge is 0.393 e. The molecule has 0 saturated carbocycles. The van der Waals surface area contributed by atoms with Gasteiger partial charge in [0.2, 0.25) is 0 Å². The van der Waals surface area contributed by atoms with E-state index in [9.17, 15) is 9.50 Å². The normalized spacial score (nSPS) is 22.5. The summed E-state index contributed by atoms with van der Waals surface area (Å²) >= 11 is 5.85. The lowest BCUT2D eigenvalue weighted by atomic mass is 10.0. The van der Waals surface area contributed by atoms with E-state index < -0.39 is 0 Å². The average molecular weight is 300 g/mol. The Bertz CT molecular complexity index is 438. The second-order valence-electron chi connectivity index (χ2n) is 5.81. The molecular weight excluding hydrogens is 277 g/mol. The van der Waals surface area contributed by atoms with Gasteiger partial charge in [-0.25, -0.2) is 4.39 Å². The Morgan fingerprint density at radius 2 is 2.20 bits per heavy atom. The molecule has 1 fully saturated rings. The third kappa shape index (κ3) is 4.44. The van der Waals surface area contributed by atoms with E-state index in [1.807, 2.05) is 6.92 Å². The molecule has 0 amide bonds. The molecule has 1 aromatic rings. The number of hydrogen-bond acceptors (Lipinski definition) is 2. The molecule has 1 aromatic carbocycles. The van der Waals surface area contributed by atoms with Gasteiger partial charge in [0.15, 0.2) is 0 Å². The molecule has 0 aliphatic carbocycles. The van der Waals surface area contributed by atoms with Crippen LogP contribution in [0.1, 0.15) is 44.6 Å². The second kappa shape index (κ2) is 7.39. The number of benzene rings is 1. The van der Waals surface area contributed by atoms with Gasteiger partial charge in [-0.1, -0.05) is 30.5 Å². The molecule has 2 nitrogen and oxygen atoms in total. The van der Waals surface area contributed by atoms with Crippen LogP contribution in [0, 0.1) is 5.82 Å². The molecule has 2 rings (SSSR count). The third-order valence-electron chi connectivity index (χ3n) is 3.98. The van der Waals surface area contributed by atoms with Gasteiger partial charge in [-0.2, -0.15) is 0 Å². The summed E-state index contributed by atoms with van der Waals surface area (Å²) < 4.78 is 13.2. The zero-order valence-electron chi connectivity index (χ0n) is 12.0. The predicted molar refractivity (Wildman–Crippen MR) is 80.4 cm³/mol. The van der Waals surface area contributed by atoms with E-state index >= 15 is 0 Å². The first-order valence-electron chi connectivity index (χ1n) is 7.42. The van der Waals surface area contributed by atoms with Crippen molar-refractivity contribution in [2.45, 2.75) is 57.7 Å². The lowest BCUT2D eigenvalue weighted by molar-refractivity contribution is 0.108. The van der Waals surface area contributed by atoms with E-state index in [2.05, 4.69) is 4.90 Å². The summed E-state index contributed by atoms with van der Waals surface area (Å²) in [7, 11) is 0. The van der Waals surface area contributed by atoms with E-state index in [-0.39, 0.29) is 16.9 Å².